The molecule has 3 N–H and O–H groups in total. The number of nitrogens with one attached hydrogen (secondary N) is 1. The van der Waals surface area contributed by atoms with Gasteiger partial charge in [-0.25, -0.2) is 0 Å². The molecular weight excluding hydrogens is 314 g/mol. The normalized spacial score (nSPS) is 9.70. The number of nitrogen functional groups attached to an aromatic ring is 1. The van der Waals surface area contributed by atoms with Crippen LogP contribution in [0.15, 0.2) is 40.0 Å². The van der Waals surface area contributed by atoms with Gasteiger partial charge in [0, 0.05) is 5.56 Å². The highest BCUT2D eigenvalue weighted by atomic mass is 32.2. The van der Waals surface area contributed by atoms with Crippen LogP contribution in [-0.4, -0.2) is 16.8 Å². The highest BCUT2D eigenvalue weighted by Gasteiger charge is 2.21. The summed E-state index contributed by atoms with van der Waals surface area (Å²) in [6, 6.07) is 11.8. The van der Waals surface area contributed by atoms with E-state index in [0.29, 0.717) is 5.56 Å². The quantitative estimate of drug-likeness (QED) is 0.819. The number of benzene rings is 1. The van der Waals surface area contributed by atoms with Gasteiger partial charge in [0.25, 0.3) is 11.5 Å². The van der Waals surface area contributed by atoms with Crippen LogP contribution in [0, 0.1) is 22.7 Å². The Morgan fingerprint density at radius 2 is 1.83 bits per heavy atom. The Balaban J connectivity index is 2.61. The highest BCUT2D eigenvalue weighted by Crippen LogP contribution is 2.25. The molecule has 0 bridgehead atoms. The van der Waals surface area contributed by atoms with Crippen molar-refractivity contribution in [2.75, 3.05) is 17.4 Å². The Kier molecular flexibility index (Phi) is 4.69. The lowest BCUT2D eigenvalue weighted by molar-refractivity contribution is 0.101. The van der Waals surface area contributed by atoms with Gasteiger partial charge in [0.05, 0.1) is 4.90 Å². The molecule has 2 rings (SSSR count). The van der Waals surface area contributed by atoms with Gasteiger partial charge in [-0.2, -0.15) is 15.2 Å². The van der Waals surface area contributed by atoms with Crippen LogP contribution < -0.4 is 16.7 Å². The lowest BCUT2D eigenvalue weighted by Gasteiger charge is -2.15. The Bertz CT molecular complexity index is 907. The third-order valence-corrected chi connectivity index (χ3v) is 3.86. The van der Waals surface area contributed by atoms with E-state index >= 15 is 0 Å². The summed E-state index contributed by atoms with van der Waals surface area (Å²) in [6.07, 6.45) is 1.63. The monoisotopic (exact) mass is 325 g/mol. The zero-order valence-electron chi connectivity index (χ0n) is 12.0. The van der Waals surface area contributed by atoms with Gasteiger partial charge in [0.1, 0.15) is 29.1 Å². The molecule has 1 aromatic carbocycles. The summed E-state index contributed by atoms with van der Waals surface area (Å²) >= 11 is 1.07. The number of nitrogens with two attached hydrogens (primary N) is 1. The predicted molar refractivity (Wildman–Crippen MR) is 86.5 cm³/mol. The molecule has 2 aromatic rings. The van der Waals surface area contributed by atoms with E-state index in [1.807, 2.05) is 6.07 Å². The van der Waals surface area contributed by atoms with E-state index in [-0.39, 0.29) is 21.8 Å². The maximum atomic E-state index is 12.4. The van der Waals surface area contributed by atoms with Gasteiger partial charge in [0.2, 0.25) is 0 Å². The van der Waals surface area contributed by atoms with Gasteiger partial charge in [0.15, 0.2) is 0 Å². The molecule has 0 fully saturated rings. The second-order valence-electron chi connectivity index (χ2n) is 4.34. The Morgan fingerprint density at radius 3 is 2.35 bits per heavy atom. The first-order chi connectivity index (χ1) is 11.0. The summed E-state index contributed by atoms with van der Waals surface area (Å²) < 4.78 is 0.728. The molecule has 1 aromatic heterocycles. The smallest absolute Gasteiger partial charge is 0.290 e. The third-order valence-electron chi connectivity index (χ3n) is 3.05. The Hall–Kier alpha value is -3.23. The average Bonchev–Trinajstić information content (AvgIpc) is 2.58. The zero-order valence-corrected chi connectivity index (χ0v) is 12.8. The maximum absolute atomic E-state index is 12.4. The number of amides is 1. The molecule has 7 nitrogen and oxygen atoms in total. The number of carbonyl (C=O) groups is 1. The molecule has 1 heterocycles. The van der Waals surface area contributed by atoms with Gasteiger partial charge in [-0.05, 0) is 18.4 Å². The summed E-state index contributed by atoms with van der Waals surface area (Å²) in [4.78, 5) is 24.7. The third kappa shape index (κ3) is 2.89. The molecule has 0 spiro atoms. The first-order valence-corrected chi connectivity index (χ1v) is 7.56. The van der Waals surface area contributed by atoms with E-state index in [2.05, 4.69) is 5.43 Å². The van der Waals surface area contributed by atoms with Crippen LogP contribution in [-0.2, 0) is 0 Å². The second-order valence-corrected chi connectivity index (χ2v) is 5.16. The van der Waals surface area contributed by atoms with E-state index in [9.17, 15) is 20.1 Å². The van der Waals surface area contributed by atoms with Gasteiger partial charge >= 0.3 is 0 Å². The molecule has 0 radical (unpaired) electrons. The second kappa shape index (κ2) is 6.69. The maximum Gasteiger partial charge on any atom is 0.290 e. The molecule has 0 aliphatic rings. The SMILES string of the molecule is CSc1c(C#N)c(N)n(NC(=O)c2ccccc2)c(=O)c1C#N. The van der Waals surface area contributed by atoms with Crippen molar-refractivity contribution in [3.05, 3.63) is 57.4 Å². The van der Waals surface area contributed by atoms with E-state index in [1.165, 1.54) is 0 Å². The number of aromatic nitrogens is 1. The van der Waals surface area contributed by atoms with Crippen LogP contribution in [0.2, 0.25) is 0 Å². The number of nitrogens with zero attached hydrogens (tertiary/aromatic N) is 3. The van der Waals surface area contributed by atoms with E-state index in [1.54, 1.807) is 42.7 Å². The number of pyridine rings is 1. The molecule has 0 saturated carbocycles. The largest absolute Gasteiger partial charge is 0.382 e. The summed E-state index contributed by atoms with van der Waals surface area (Å²) in [6.45, 7) is 0. The zero-order chi connectivity index (χ0) is 17.0. The molecular formula is C15H11N5O2S. The standard InChI is InChI=1S/C15H11N5O2S/c1-23-12-10(7-16)13(18)20(15(22)11(12)8-17)19-14(21)9-5-3-2-4-6-9/h2-6H,18H2,1H3,(H,19,21). The lowest BCUT2D eigenvalue weighted by Crippen LogP contribution is -2.37. The van der Waals surface area contributed by atoms with E-state index < -0.39 is 11.5 Å². The predicted octanol–water partition coefficient (Wildman–Crippen LogP) is 1.28. The van der Waals surface area contributed by atoms with Gasteiger partial charge in [-0.1, -0.05) is 18.2 Å². The van der Waals surface area contributed by atoms with Crippen LogP contribution in [0.1, 0.15) is 21.5 Å². The van der Waals surface area contributed by atoms with E-state index in [0.717, 1.165) is 16.4 Å². The van der Waals surface area contributed by atoms with Gasteiger partial charge < -0.3 is 5.73 Å². The minimum Gasteiger partial charge on any atom is -0.382 e. The number of thioether (sulfide) groups is 1. The van der Waals surface area contributed by atoms with Crippen molar-refractivity contribution < 1.29 is 4.79 Å². The summed E-state index contributed by atoms with van der Waals surface area (Å²) in [5.74, 6) is -0.797. The first-order valence-electron chi connectivity index (χ1n) is 6.34. The molecule has 0 atom stereocenters. The Labute approximate surface area is 135 Å². The van der Waals surface area contributed by atoms with Crippen molar-refractivity contribution in [3.63, 3.8) is 0 Å². The van der Waals surface area contributed by atoms with Crippen molar-refractivity contribution >= 4 is 23.5 Å². The number of rotatable bonds is 3. The van der Waals surface area contributed by atoms with Crippen molar-refractivity contribution in [3.8, 4) is 12.1 Å². The minimum absolute atomic E-state index is 0.0259. The molecule has 0 saturated heterocycles. The number of hydrogen-bond donors (Lipinski definition) is 2. The van der Waals surface area contributed by atoms with Crippen molar-refractivity contribution in [2.24, 2.45) is 0 Å². The summed E-state index contributed by atoms with van der Waals surface area (Å²) in [5.41, 5.74) is 7.41. The van der Waals surface area contributed by atoms with Crippen LogP contribution in [0.3, 0.4) is 0 Å². The fraction of sp³-hybridized carbons (Fsp3) is 0.0667. The van der Waals surface area contributed by atoms with Gasteiger partial charge in [-0.15, -0.1) is 11.8 Å². The van der Waals surface area contributed by atoms with Crippen LogP contribution in [0.5, 0.6) is 0 Å². The van der Waals surface area contributed by atoms with Crippen LogP contribution >= 0.6 is 11.8 Å². The number of nitriles is 2. The molecule has 1 amide bonds. The number of hydrogen-bond acceptors (Lipinski definition) is 6. The fourth-order valence-corrected chi connectivity index (χ4v) is 2.64. The van der Waals surface area contributed by atoms with E-state index in [4.69, 9.17) is 5.73 Å². The first kappa shape index (κ1) is 16.1. The highest BCUT2D eigenvalue weighted by molar-refractivity contribution is 7.98. The summed E-state index contributed by atoms with van der Waals surface area (Å²) in [7, 11) is 0. The molecule has 23 heavy (non-hydrogen) atoms. The fourth-order valence-electron chi connectivity index (χ4n) is 1.95. The summed E-state index contributed by atoms with van der Waals surface area (Å²) in [5, 5.41) is 18.4. The number of carbonyl (C=O) groups excluding carboxylic acids is 1. The molecule has 0 aliphatic heterocycles. The molecule has 114 valence electrons. The topological polar surface area (TPSA) is 125 Å². The Morgan fingerprint density at radius 1 is 1.22 bits per heavy atom. The molecule has 0 aliphatic carbocycles. The van der Waals surface area contributed by atoms with Crippen LogP contribution in [0.4, 0.5) is 5.82 Å². The van der Waals surface area contributed by atoms with Crippen LogP contribution in [0.25, 0.3) is 0 Å². The molecule has 0 unspecified atom stereocenters. The average molecular weight is 325 g/mol. The van der Waals surface area contributed by atoms with Crippen molar-refractivity contribution in [1.29, 1.82) is 10.5 Å². The van der Waals surface area contributed by atoms with Gasteiger partial charge in [-0.3, -0.25) is 15.0 Å². The van der Waals surface area contributed by atoms with Crippen molar-refractivity contribution in [1.82, 2.24) is 4.68 Å². The number of anilines is 1. The molecule has 8 heteroatoms. The minimum atomic E-state index is -0.780. The lowest BCUT2D eigenvalue weighted by atomic mass is 10.2. The van der Waals surface area contributed by atoms with Crippen molar-refractivity contribution in [2.45, 2.75) is 4.90 Å².